The summed E-state index contributed by atoms with van der Waals surface area (Å²) in [4.78, 5) is 16.7. The fraction of sp³-hybridized carbons (Fsp3) is 0.933. The lowest BCUT2D eigenvalue weighted by molar-refractivity contribution is -0.122. The fourth-order valence-corrected chi connectivity index (χ4v) is 3.08. The van der Waals surface area contributed by atoms with E-state index in [0.717, 1.165) is 45.7 Å². The third kappa shape index (κ3) is 5.77. The summed E-state index contributed by atoms with van der Waals surface area (Å²) in [6.07, 6.45) is 3.81. The molecule has 1 atom stereocenters. The number of carbonyl (C=O) groups is 1. The van der Waals surface area contributed by atoms with Crippen LogP contribution in [-0.4, -0.2) is 74.6 Å². The van der Waals surface area contributed by atoms with Crippen molar-refractivity contribution >= 4 is 5.91 Å². The van der Waals surface area contributed by atoms with Gasteiger partial charge in [0.1, 0.15) is 0 Å². The lowest BCUT2D eigenvalue weighted by Crippen LogP contribution is -2.41. The lowest BCUT2D eigenvalue weighted by atomic mass is 10.1. The van der Waals surface area contributed by atoms with E-state index in [0.29, 0.717) is 12.5 Å². The van der Waals surface area contributed by atoms with E-state index in [9.17, 15) is 4.79 Å². The van der Waals surface area contributed by atoms with Crippen LogP contribution in [0.3, 0.4) is 0 Å². The summed E-state index contributed by atoms with van der Waals surface area (Å²) in [5.74, 6) is 0.725. The maximum absolute atomic E-state index is 12.0. The molecule has 0 spiro atoms. The van der Waals surface area contributed by atoms with Crippen LogP contribution in [0.5, 0.6) is 0 Å². The van der Waals surface area contributed by atoms with Crippen molar-refractivity contribution < 1.29 is 4.79 Å². The number of rotatable bonds is 6. The Morgan fingerprint density at radius 3 is 2.65 bits per heavy atom. The van der Waals surface area contributed by atoms with Crippen molar-refractivity contribution in [1.82, 2.24) is 20.4 Å². The molecule has 116 valence electrons. The summed E-state index contributed by atoms with van der Waals surface area (Å²) in [5, 5.41) is 6.46. The van der Waals surface area contributed by atoms with Gasteiger partial charge >= 0.3 is 0 Å². The molecule has 0 aliphatic carbocycles. The zero-order valence-corrected chi connectivity index (χ0v) is 12.9. The Morgan fingerprint density at radius 2 is 1.85 bits per heavy atom. The van der Waals surface area contributed by atoms with Crippen molar-refractivity contribution in [2.75, 3.05) is 58.9 Å². The summed E-state index contributed by atoms with van der Waals surface area (Å²) in [6.45, 7) is 11.3. The zero-order chi connectivity index (χ0) is 14.2. The average Bonchev–Trinajstić information content (AvgIpc) is 2.80. The molecule has 5 heteroatoms. The van der Waals surface area contributed by atoms with Crippen molar-refractivity contribution in [3.8, 4) is 0 Å². The predicted molar refractivity (Wildman–Crippen MR) is 81.8 cm³/mol. The molecule has 2 N–H and O–H groups in total. The van der Waals surface area contributed by atoms with Crippen molar-refractivity contribution in [1.29, 1.82) is 0 Å². The molecule has 2 heterocycles. The normalized spacial score (nSPS) is 23.4. The van der Waals surface area contributed by atoms with Crippen molar-refractivity contribution in [3.63, 3.8) is 0 Å². The maximum atomic E-state index is 12.0. The molecule has 0 radical (unpaired) electrons. The highest BCUT2D eigenvalue weighted by Crippen LogP contribution is 2.09. The van der Waals surface area contributed by atoms with Gasteiger partial charge in [-0.1, -0.05) is 6.92 Å². The zero-order valence-electron chi connectivity index (χ0n) is 12.9. The van der Waals surface area contributed by atoms with Crippen LogP contribution < -0.4 is 10.6 Å². The molecule has 0 aromatic rings. The smallest absolute Gasteiger partial charge is 0.234 e. The van der Waals surface area contributed by atoms with Gasteiger partial charge in [-0.05, 0) is 51.4 Å². The highest BCUT2D eigenvalue weighted by atomic mass is 16.2. The molecule has 0 aromatic carbocycles. The monoisotopic (exact) mass is 282 g/mol. The molecule has 2 aliphatic rings. The average molecular weight is 282 g/mol. The van der Waals surface area contributed by atoms with E-state index >= 15 is 0 Å². The van der Waals surface area contributed by atoms with Crippen molar-refractivity contribution in [2.45, 2.75) is 26.2 Å². The van der Waals surface area contributed by atoms with Gasteiger partial charge in [0.2, 0.25) is 5.91 Å². The minimum absolute atomic E-state index is 0.181. The summed E-state index contributed by atoms with van der Waals surface area (Å²) >= 11 is 0. The second-order valence-electron chi connectivity index (χ2n) is 6.30. The first-order valence-electron chi connectivity index (χ1n) is 8.16. The molecule has 2 saturated heterocycles. The van der Waals surface area contributed by atoms with Crippen LogP contribution in [0, 0.1) is 5.92 Å². The maximum Gasteiger partial charge on any atom is 0.234 e. The molecule has 1 unspecified atom stereocenters. The third-order valence-electron chi connectivity index (χ3n) is 4.22. The minimum atomic E-state index is 0.181. The standard InChI is InChI=1S/C15H30N4O/c1-14(12-18-7-2-3-8-18)11-17-15(20)13-19-9-4-5-16-6-10-19/h14,16H,2-13H2,1H3,(H,17,20). The molecule has 2 aliphatic heterocycles. The van der Waals surface area contributed by atoms with Crippen LogP contribution in [0.1, 0.15) is 26.2 Å². The molecule has 1 amide bonds. The highest BCUT2D eigenvalue weighted by Gasteiger charge is 2.16. The number of hydrogen-bond acceptors (Lipinski definition) is 4. The first-order chi connectivity index (χ1) is 9.74. The van der Waals surface area contributed by atoms with Gasteiger partial charge in [0.25, 0.3) is 0 Å². The van der Waals surface area contributed by atoms with E-state index in [2.05, 4.69) is 27.4 Å². The van der Waals surface area contributed by atoms with Crippen LogP contribution in [0.15, 0.2) is 0 Å². The number of amides is 1. The number of nitrogens with zero attached hydrogens (tertiary/aromatic N) is 2. The van der Waals surface area contributed by atoms with Crippen LogP contribution in [-0.2, 0) is 4.79 Å². The lowest BCUT2D eigenvalue weighted by Gasteiger charge is -2.22. The number of hydrogen-bond donors (Lipinski definition) is 2. The molecule has 0 saturated carbocycles. The Morgan fingerprint density at radius 1 is 1.10 bits per heavy atom. The number of carbonyl (C=O) groups excluding carboxylic acids is 1. The Kier molecular flexibility index (Phi) is 6.76. The molecule has 5 nitrogen and oxygen atoms in total. The van der Waals surface area contributed by atoms with Gasteiger partial charge in [-0.3, -0.25) is 9.69 Å². The molecule has 0 bridgehead atoms. The Labute approximate surface area is 123 Å². The summed E-state index contributed by atoms with van der Waals surface area (Å²) < 4.78 is 0. The van der Waals surface area contributed by atoms with E-state index in [4.69, 9.17) is 0 Å². The number of likely N-dealkylation sites (tertiary alicyclic amines) is 1. The van der Waals surface area contributed by atoms with E-state index in [1.165, 1.54) is 25.9 Å². The van der Waals surface area contributed by atoms with Crippen LogP contribution in [0.2, 0.25) is 0 Å². The van der Waals surface area contributed by atoms with Crippen LogP contribution in [0.25, 0.3) is 0 Å². The molecule has 20 heavy (non-hydrogen) atoms. The number of nitrogens with one attached hydrogen (secondary N) is 2. The summed E-state index contributed by atoms with van der Waals surface area (Å²) in [7, 11) is 0. The van der Waals surface area contributed by atoms with Gasteiger partial charge in [0.15, 0.2) is 0 Å². The molecule has 2 rings (SSSR count). The largest absolute Gasteiger partial charge is 0.355 e. The van der Waals surface area contributed by atoms with E-state index in [1.807, 2.05) is 0 Å². The first kappa shape index (κ1) is 15.7. The van der Waals surface area contributed by atoms with Gasteiger partial charge < -0.3 is 15.5 Å². The quantitative estimate of drug-likeness (QED) is 0.727. The fourth-order valence-electron chi connectivity index (χ4n) is 3.08. The topological polar surface area (TPSA) is 47.6 Å². The van der Waals surface area contributed by atoms with Crippen molar-refractivity contribution in [3.05, 3.63) is 0 Å². The van der Waals surface area contributed by atoms with Gasteiger partial charge in [0, 0.05) is 26.2 Å². The van der Waals surface area contributed by atoms with Crippen LogP contribution >= 0.6 is 0 Å². The first-order valence-corrected chi connectivity index (χ1v) is 8.16. The van der Waals surface area contributed by atoms with Gasteiger partial charge in [-0.15, -0.1) is 0 Å². The molecular weight excluding hydrogens is 252 g/mol. The molecule has 0 aromatic heterocycles. The van der Waals surface area contributed by atoms with E-state index in [-0.39, 0.29) is 5.91 Å². The van der Waals surface area contributed by atoms with E-state index in [1.54, 1.807) is 0 Å². The third-order valence-corrected chi connectivity index (χ3v) is 4.22. The minimum Gasteiger partial charge on any atom is -0.355 e. The summed E-state index contributed by atoms with van der Waals surface area (Å²) in [6, 6.07) is 0. The van der Waals surface area contributed by atoms with Crippen molar-refractivity contribution in [2.24, 2.45) is 5.92 Å². The Bertz CT molecular complexity index is 284. The second kappa shape index (κ2) is 8.60. The van der Waals surface area contributed by atoms with E-state index < -0.39 is 0 Å². The molecule has 2 fully saturated rings. The van der Waals surface area contributed by atoms with Crippen LogP contribution in [0.4, 0.5) is 0 Å². The Balaban J connectivity index is 1.58. The highest BCUT2D eigenvalue weighted by molar-refractivity contribution is 5.78. The molecular formula is C15H30N4O. The summed E-state index contributed by atoms with van der Waals surface area (Å²) in [5.41, 5.74) is 0. The SMILES string of the molecule is CC(CNC(=O)CN1CCCNCC1)CN1CCCC1. The predicted octanol–water partition coefficient (Wildman–Crippen LogP) is 0.130. The Hall–Kier alpha value is -0.650. The second-order valence-corrected chi connectivity index (χ2v) is 6.30. The van der Waals surface area contributed by atoms with Gasteiger partial charge in [-0.25, -0.2) is 0 Å². The van der Waals surface area contributed by atoms with Gasteiger partial charge in [0.05, 0.1) is 6.54 Å². The van der Waals surface area contributed by atoms with Gasteiger partial charge in [-0.2, -0.15) is 0 Å².